The molecule has 1 nitrogen and oxygen atoms in total. The van der Waals surface area contributed by atoms with Crippen molar-refractivity contribution >= 4 is 0 Å². The highest BCUT2D eigenvalue weighted by Gasteiger charge is 2.43. The zero-order valence-electron chi connectivity index (χ0n) is 10.4. The Hall–Kier alpha value is -0.980. The van der Waals surface area contributed by atoms with Crippen molar-refractivity contribution < 1.29 is 4.42 Å². The Morgan fingerprint density at radius 3 is 3.00 bits per heavy atom. The molecule has 0 saturated heterocycles. The van der Waals surface area contributed by atoms with Crippen LogP contribution < -0.4 is 0 Å². The van der Waals surface area contributed by atoms with Crippen LogP contribution in [0.25, 0.3) is 0 Å². The van der Waals surface area contributed by atoms with Crippen molar-refractivity contribution in [1.29, 1.82) is 0 Å². The average molecular weight is 216 g/mol. The number of fused-ring (bicyclic) bond motifs is 2. The first-order valence-corrected chi connectivity index (χ1v) is 6.33. The topological polar surface area (TPSA) is 13.1 Å². The van der Waals surface area contributed by atoms with Gasteiger partial charge in [-0.3, -0.25) is 0 Å². The summed E-state index contributed by atoms with van der Waals surface area (Å²) in [6, 6.07) is 2.18. The number of hydrogen-bond donors (Lipinski definition) is 0. The number of rotatable bonds is 0. The van der Waals surface area contributed by atoms with Gasteiger partial charge in [0.1, 0.15) is 5.76 Å². The highest BCUT2D eigenvalue weighted by atomic mass is 16.3. The van der Waals surface area contributed by atoms with Crippen molar-refractivity contribution in [3.05, 3.63) is 35.3 Å². The molecule has 2 atom stereocenters. The zero-order chi connectivity index (χ0) is 11.3. The SMILES string of the molecule is CC1=C[C@H]2Cc3occc3C(C)(C)[C@H]2CC1. The van der Waals surface area contributed by atoms with Gasteiger partial charge in [-0.25, -0.2) is 0 Å². The molecule has 0 amide bonds. The van der Waals surface area contributed by atoms with Crippen molar-refractivity contribution in [2.24, 2.45) is 11.8 Å². The summed E-state index contributed by atoms with van der Waals surface area (Å²) in [5.41, 5.74) is 3.29. The van der Waals surface area contributed by atoms with Gasteiger partial charge >= 0.3 is 0 Å². The Labute approximate surface area is 97.5 Å². The van der Waals surface area contributed by atoms with Gasteiger partial charge in [0.15, 0.2) is 0 Å². The van der Waals surface area contributed by atoms with Gasteiger partial charge in [0.25, 0.3) is 0 Å². The van der Waals surface area contributed by atoms with Crippen LogP contribution >= 0.6 is 0 Å². The maximum Gasteiger partial charge on any atom is 0.108 e. The van der Waals surface area contributed by atoms with Crippen molar-refractivity contribution in [2.75, 3.05) is 0 Å². The Morgan fingerprint density at radius 1 is 1.38 bits per heavy atom. The van der Waals surface area contributed by atoms with E-state index in [2.05, 4.69) is 32.9 Å². The van der Waals surface area contributed by atoms with Crippen LogP contribution in [-0.4, -0.2) is 0 Å². The predicted octanol–water partition coefficient (Wildman–Crippen LogP) is 4.09. The van der Waals surface area contributed by atoms with Crippen molar-refractivity contribution in [3.63, 3.8) is 0 Å². The molecule has 1 heterocycles. The van der Waals surface area contributed by atoms with Crippen LogP contribution in [-0.2, 0) is 11.8 Å². The third kappa shape index (κ3) is 1.30. The fourth-order valence-corrected chi connectivity index (χ4v) is 3.75. The third-order valence-corrected chi connectivity index (χ3v) is 4.65. The van der Waals surface area contributed by atoms with E-state index >= 15 is 0 Å². The standard InChI is InChI=1S/C15H20O/c1-10-4-5-12-11(8-10)9-14-13(6-7-16-14)15(12,2)3/h6-8,11-12H,4-5,9H2,1-3H3/t11-,12-/m0/s1. The largest absolute Gasteiger partial charge is 0.469 e. The predicted molar refractivity (Wildman–Crippen MR) is 65.4 cm³/mol. The van der Waals surface area contributed by atoms with E-state index in [1.165, 1.54) is 24.2 Å². The monoisotopic (exact) mass is 216 g/mol. The quantitative estimate of drug-likeness (QED) is 0.595. The number of furan rings is 1. The van der Waals surface area contributed by atoms with E-state index in [-0.39, 0.29) is 5.41 Å². The van der Waals surface area contributed by atoms with Crippen molar-refractivity contribution in [3.8, 4) is 0 Å². The molecule has 2 aliphatic rings. The molecule has 0 saturated carbocycles. The molecule has 1 aromatic heterocycles. The van der Waals surface area contributed by atoms with Gasteiger partial charge in [-0.15, -0.1) is 0 Å². The van der Waals surface area contributed by atoms with Crippen LogP contribution in [0.3, 0.4) is 0 Å². The summed E-state index contributed by atoms with van der Waals surface area (Å²) >= 11 is 0. The molecule has 86 valence electrons. The van der Waals surface area contributed by atoms with Gasteiger partial charge in [0.2, 0.25) is 0 Å². The second-order valence-electron chi connectivity index (χ2n) is 6.01. The molecule has 1 aromatic rings. The van der Waals surface area contributed by atoms with E-state index < -0.39 is 0 Å². The van der Waals surface area contributed by atoms with Gasteiger partial charge in [-0.2, -0.15) is 0 Å². The zero-order valence-corrected chi connectivity index (χ0v) is 10.4. The molecule has 2 aliphatic carbocycles. The highest BCUT2D eigenvalue weighted by Crippen LogP contribution is 2.49. The van der Waals surface area contributed by atoms with Gasteiger partial charge in [0, 0.05) is 6.42 Å². The lowest BCUT2D eigenvalue weighted by atomic mass is 9.59. The summed E-state index contributed by atoms with van der Waals surface area (Å²) in [6.45, 7) is 7.03. The summed E-state index contributed by atoms with van der Waals surface area (Å²) < 4.78 is 5.65. The van der Waals surface area contributed by atoms with E-state index in [4.69, 9.17) is 4.42 Å². The summed E-state index contributed by atoms with van der Waals surface area (Å²) in [5, 5.41) is 0. The normalized spacial score (nSPS) is 31.6. The van der Waals surface area contributed by atoms with Crippen LogP contribution in [0.2, 0.25) is 0 Å². The first-order valence-electron chi connectivity index (χ1n) is 6.33. The van der Waals surface area contributed by atoms with Crippen LogP contribution in [0.5, 0.6) is 0 Å². The maximum atomic E-state index is 5.65. The lowest BCUT2D eigenvalue weighted by Crippen LogP contribution is -2.40. The molecule has 0 N–H and O–H groups in total. The van der Waals surface area contributed by atoms with Crippen LogP contribution in [0.4, 0.5) is 0 Å². The first kappa shape index (κ1) is 10.2. The van der Waals surface area contributed by atoms with Crippen molar-refractivity contribution in [2.45, 2.75) is 45.4 Å². The van der Waals surface area contributed by atoms with Crippen molar-refractivity contribution in [1.82, 2.24) is 0 Å². The van der Waals surface area contributed by atoms with Gasteiger partial charge < -0.3 is 4.42 Å². The first-order chi connectivity index (χ1) is 7.59. The molecular weight excluding hydrogens is 196 g/mol. The summed E-state index contributed by atoms with van der Waals surface area (Å²) in [5.74, 6) is 2.71. The minimum Gasteiger partial charge on any atom is -0.469 e. The maximum absolute atomic E-state index is 5.65. The average Bonchev–Trinajstić information content (AvgIpc) is 2.65. The lowest BCUT2D eigenvalue weighted by molar-refractivity contribution is 0.188. The molecule has 0 fully saturated rings. The molecular formula is C15H20O. The molecule has 0 bridgehead atoms. The molecule has 1 heteroatoms. The minimum absolute atomic E-state index is 0.280. The Bertz CT molecular complexity index is 436. The van der Waals surface area contributed by atoms with E-state index in [1.807, 2.05) is 6.26 Å². The lowest BCUT2D eigenvalue weighted by Gasteiger charge is -2.44. The molecule has 0 spiro atoms. The van der Waals surface area contributed by atoms with E-state index in [9.17, 15) is 0 Å². The Morgan fingerprint density at radius 2 is 2.19 bits per heavy atom. The number of allylic oxidation sites excluding steroid dienone is 2. The fraction of sp³-hybridized carbons (Fsp3) is 0.600. The summed E-state index contributed by atoms with van der Waals surface area (Å²) in [6.07, 6.45) is 8.07. The van der Waals surface area contributed by atoms with Gasteiger partial charge in [-0.1, -0.05) is 25.5 Å². The highest BCUT2D eigenvalue weighted by molar-refractivity contribution is 5.33. The van der Waals surface area contributed by atoms with Gasteiger partial charge in [-0.05, 0) is 48.6 Å². The smallest absolute Gasteiger partial charge is 0.108 e. The third-order valence-electron chi connectivity index (χ3n) is 4.65. The van der Waals surface area contributed by atoms with Crippen LogP contribution in [0.1, 0.15) is 44.9 Å². The van der Waals surface area contributed by atoms with Crippen LogP contribution in [0.15, 0.2) is 28.4 Å². The molecule has 0 radical (unpaired) electrons. The number of hydrogen-bond acceptors (Lipinski definition) is 1. The second-order valence-corrected chi connectivity index (χ2v) is 6.01. The molecule has 0 aromatic carbocycles. The Kier molecular flexibility index (Phi) is 2.07. The van der Waals surface area contributed by atoms with E-state index in [0.717, 1.165) is 12.3 Å². The van der Waals surface area contributed by atoms with Gasteiger partial charge in [0.05, 0.1) is 6.26 Å². The Balaban J connectivity index is 2.08. The molecule has 3 rings (SSSR count). The fourth-order valence-electron chi connectivity index (χ4n) is 3.75. The van der Waals surface area contributed by atoms with E-state index in [1.54, 1.807) is 5.57 Å². The summed E-state index contributed by atoms with van der Waals surface area (Å²) in [4.78, 5) is 0. The molecule has 0 unspecified atom stereocenters. The second kappa shape index (κ2) is 3.26. The van der Waals surface area contributed by atoms with Crippen LogP contribution in [0, 0.1) is 11.8 Å². The minimum atomic E-state index is 0.280. The molecule has 16 heavy (non-hydrogen) atoms. The summed E-state index contributed by atoms with van der Waals surface area (Å²) in [7, 11) is 0. The van der Waals surface area contributed by atoms with E-state index in [0.29, 0.717) is 5.92 Å². The molecule has 0 aliphatic heterocycles.